The maximum Gasteiger partial charge on any atom is 0.252 e. The van der Waals surface area contributed by atoms with Crippen molar-refractivity contribution in [2.24, 2.45) is 11.1 Å². The zero-order chi connectivity index (χ0) is 12.7. The van der Waals surface area contributed by atoms with Crippen LogP contribution in [0.4, 0.5) is 0 Å². The summed E-state index contributed by atoms with van der Waals surface area (Å²) < 4.78 is 0. The quantitative estimate of drug-likeness (QED) is 0.786. The molecule has 4 heteroatoms. The lowest BCUT2D eigenvalue weighted by Gasteiger charge is -2.30. The third kappa shape index (κ3) is 3.53. The van der Waals surface area contributed by atoms with E-state index in [0.29, 0.717) is 18.7 Å². The molecule has 0 radical (unpaired) electrons. The van der Waals surface area contributed by atoms with Crippen LogP contribution in [0, 0.1) is 5.41 Å². The highest BCUT2D eigenvalue weighted by molar-refractivity contribution is 5.93. The normalized spacial score (nSPS) is 11.2. The molecule has 0 fully saturated rings. The van der Waals surface area contributed by atoms with Crippen molar-refractivity contribution in [2.45, 2.75) is 26.7 Å². The summed E-state index contributed by atoms with van der Waals surface area (Å²) in [6.07, 6.45) is 5.15. The molecule has 1 rings (SSSR count). The van der Waals surface area contributed by atoms with Crippen LogP contribution >= 0.6 is 0 Å². The van der Waals surface area contributed by atoms with Gasteiger partial charge in [0.25, 0.3) is 5.91 Å². The van der Waals surface area contributed by atoms with Gasteiger partial charge in [-0.3, -0.25) is 9.78 Å². The second-order valence-corrected chi connectivity index (χ2v) is 4.34. The van der Waals surface area contributed by atoms with E-state index in [4.69, 9.17) is 5.73 Å². The second-order valence-electron chi connectivity index (χ2n) is 4.34. The lowest BCUT2D eigenvalue weighted by Crippen LogP contribution is -2.41. The first kappa shape index (κ1) is 13.6. The van der Waals surface area contributed by atoms with Gasteiger partial charge in [0.2, 0.25) is 0 Å². The van der Waals surface area contributed by atoms with Crippen LogP contribution in [-0.2, 0) is 0 Å². The topological polar surface area (TPSA) is 68.0 Å². The minimum absolute atomic E-state index is 0.0118. The van der Waals surface area contributed by atoms with Crippen LogP contribution in [0.25, 0.3) is 0 Å². The Morgan fingerprint density at radius 1 is 1.47 bits per heavy atom. The predicted octanol–water partition coefficient (Wildman–Crippen LogP) is 1.58. The highest BCUT2D eigenvalue weighted by atomic mass is 16.1. The number of rotatable bonds is 6. The van der Waals surface area contributed by atoms with Crippen LogP contribution in [0.5, 0.6) is 0 Å². The molecule has 94 valence electrons. The molecule has 0 spiro atoms. The molecule has 0 unspecified atom stereocenters. The maximum absolute atomic E-state index is 11.8. The molecule has 17 heavy (non-hydrogen) atoms. The zero-order valence-electron chi connectivity index (χ0n) is 10.6. The molecule has 0 aliphatic carbocycles. The standard InChI is InChI=1S/C13H21N3O/c1-3-13(4-2,9-14)10-16-12(17)11-6-5-7-15-8-11/h5-8H,3-4,9-10,14H2,1-2H3,(H,16,17). The lowest BCUT2D eigenvalue weighted by molar-refractivity contribution is 0.0927. The Kier molecular flexibility index (Phi) is 5.10. The Hall–Kier alpha value is -1.42. The Labute approximate surface area is 103 Å². The Bertz CT molecular complexity index is 339. The van der Waals surface area contributed by atoms with Gasteiger partial charge in [-0.05, 0) is 36.9 Å². The van der Waals surface area contributed by atoms with Gasteiger partial charge >= 0.3 is 0 Å². The third-order valence-electron chi connectivity index (χ3n) is 3.48. The fraction of sp³-hybridized carbons (Fsp3) is 0.538. The van der Waals surface area contributed by atoms with Gasteiger partial charge in [-0.25, -0.2) is 0 Å². The van der Waals surface area contributed by atoms with Gasteiger partial charge < -0.3 is 11.1 Å². The largest absolute Gasteiger partial charge is 0.351 e. The first-order chi connectivity index (χ1) is 8.17. The van der Waals surface area contributed by atoms with Crippen molar-refractivity contribution in [2.75, 3.05) is 13.1 Å². The van der Waals surface area contributed by atoms with Crippen LogP contribution in [0.2, 0.25) is 0 Å². The van der Waals surface area contributed by atoms with Gasteiger partial charge in [-0.15, -0.1) is 0 Å². The van der Waals surface area contributed by atoms with Crippen molar-refractivity contribution < 1.29 is 4.79 Å². The van der Waals surface area contributed by atoms with Gasteiger partial charge in [0.1, 0.15) is 0 Å². The Balaban J connectivity index is 2.59. The molecule has 4 nitrogen and oxygen atoms in total. The van der Waals surface area contributed by atoms with Crippen LogP contribution in [0.15, 0.2) is 24.5 Å². The minimum Gasteiger partial charge on any atom is -0.351 e. The highest BCUT2D eigenvalue weighted by Gasteiger charge is 2.24. The van der Waals surface area contributed by atoms with Crippen molar-refractivity contribution in [1.82, 2.24) is 10.3 Å². The predicted molar refractivity (Wildman–Crippen MR) is 68.6 cm³/mol. The van der Waals surface area contributed by atoms with Gasteiger partial charge in [0.05, 0.1) is 5.56 Å². The molecule has 0 aromatic carbocycles. The maximum atomic E-state index is 11.8. The first-order valence-electron chi connectivity index (χ1n) is 6.05. The highest BCUT2D eigenvalue weighted by Crippen LogP contribution is 2.23. The summed E-state index contributed by atoms with van der Waals surface area (Å²) in [5.74, 6) is -0.0853. The van der Waals surface area contributed by atoms with Crippen LogP contribution in [0.1, 0.15) is 37.0 Å². The fourth-order valence-corrected chi connectivity index (χ4v) is 1.73. The number of hydrogen-bond acceptors (Lipinski definition) is 3. The number of carbonyl (C=O) groups excluding carboxylic acids is 1. The second kappa shape index (κ2) is 6.35. The van der Waals surface area contributed by atoms with Gasteiger partial charge in [0, 0.05) is 18.9 Å². The van der Waals surface area contributed by atoms with Crippen molar-refractivity contribution in [3.63, 3.8) is 0 Å². The lowest BCUT2D eigenvalue weighted by atomic mass is 9.82. The van der Waals surface area contributed by atoms with E-state index in [1.807, 2.05) is 0 Å². The number of nitrogens with zero attached hydrogens (tertiary/aromatic N) is 1. The monoisotopic (exact) mass is 235 g/mol. The summed E-state index contributed by atoms with van der Waals surface area (Å²) >= 11 is 0. The van der Waals surface area contributed by atoms with E-state index < -0.39 is 0 Å². The number of carbonyl (C=O) groups is 1. The van der Waals surface area contributed by atoms with Crippen molar-refractivity contribution >= 4 is 5.91 Å². The summed E-state index contributed by atoms with van der Waals surface area (Å²) in [6, 6.07) is 3.51. The SMILES string of the molecule is CCC(CC)(CN)CNC(=O)c1cccnc1. The molecule has 0 aliphatic rings. The number of pyridine rings is 1. The number of hydrogen-bond donors (Lipinski definition) is 2. The van der Waals surface area contributed by atoms with E-state index in [1.165, 1.54) is 0 Å². The molecule has 0 aliphatic heterocycles. The van der Waals surface area contributed by atoms with E-state index in [0.717, 1.165) is 12.8 Å². The van der Waals surface area contributed by atoms with E-state index >= 15 is 0 Å². The summed E-state index contributed by atoms with van der Waals surface area (Å²) in [6.45, 7) is 5.41. The number of aromatic nitrogens is 1. The van der Waals surface area contributed by atoms with Crippen molar-refractivity contribution in [3.8, 4) is 0 Å². The molecule has 1 amide bonds. The van der Waals surface area contributed by atoms with Gasteiger partial charge in [-0.2, -0.15) is 0 Å². The number of nitrogens with one attached hydrogen (secondary N) is 1. The molecule has 1 aromatic rings. The van der Waals surface area contributed by atoms with Crippen molar-refractivity contribution in [1.29, 1.82) is 0 Å². The number of amides is 1. The minimum atomic E-state index is -0.0853. The molecule has 1 aromatic heterocycles. The van der Waals surface area contributed by atoms with E-state index in [1.54, 1.807) is 24.5 Å². The first-order valence-corrected chi connectivity index (χ1v) is 6.05. The summed E-state index contributed by atoms with van der Waals surface area (Å²) in [4.78, 5) is 15.8. The number of nitrogens with two attached hydrogens (primary N) is 1. The average Bonchev–Trinajstić information content (AvgIpc) is 2.41. The molecule has 3 N–H and O–H groups in total. The average molecular weight is 235 g/mol. The van der Waals surface area contributed by atoms with E-state index in [2.05, 4.69) is 24.1 Å². The van der Waals surface area contributed by atoms with Gasteiger partial charge in [0.15, 0.2) is 0 Å². The fourth-order valence-electron chi connectivity index (χ4n) is 1.73. The van der Waals surface area contributed by atoms with E-state index in [-0.39, 0.29) is 11.3 Å². The Morgan fingerprint density at radius 2 is 2.18 bits per heavy atom. The van der Waals surface area contributed by atoms with Crippen LogP contribution in [0.3, 0.4) is 0 Å². The molecule has 0 saturated carbocycles. The molecule has 0 atom stereocenters. The summed E-state index contributed by atoms with van der Waals surface area (Å²) in [7, 11) is 0. The molecule has 0 bridgehead atoms. The zero-order valence-corrected chi connectivity index (χ0v) is 10.6. The summed E-state index contributed by atoms with van der Waals surface area (Å²) in [5.41, 5.74) is 6.39. The Morgan fingerprint density at radius 3 is 2.65 bits per heavy atom. The van der Waals surface area contributed by atoms with Crippen LogP contribution in [-0.4, -0.2) is 24.0 Å². The smallest absolute Gasteiger partial charge is 0.252 e. The molecular weight excluding hydrogens is 214 g/mol. The molecule has 0 saturated heterocycles. The summed E-state index contributed by atoms with van der Waals surface area (Å²) in [5, 5.41) is 2.93. The van der Waals surface area contributed by atoms with Crippen LogP contribution < -0.4 is 11.1 Å². The van der Waals surface area contributed by atoms with Crippen molar-refractivity contribution in [3.05, 3.63) is 30.1 Å². The molecular formula is C13H21N3O. The molecule has 1 heterocycles. The van der Waals surface area contributed by atoms with Gasteiger partial charge in [-0.1, -0.05) is 13.8 Å². The third-order valence-corrected chi connectivity index (χ3v) is 3.48. The van der Waals surface area contributed by atoms with E-state index in [9.17, 15) is 4.79 Å².